The van der Waals surface area contributed by atoms with Crippen molar-refractivity contribution in [3.8, 4) is 0 Å². The van der Waals surface area contributed by atoms with E-state index in [0.29, 0.717) is 18.8 Å². The molecule has 0 aliphatic heterocycles. The molecule has 0 saturated carbocycles. The van der Waals surface area contributed by atoms with E-state index < -0.39 is 10.8 Å². The first-order valence-corrected chi connectivity index (χ1v) is 6.98. The van der Waals surface area contributed by atoms with Crippen molar-refractivity contribution in [2.75, 3.05) is 19.3 Å². The number of nitrogens with one attached hydrogen (secondary N) is 2. The zero-order chi connectivity index (χ0) is 12.7. The number of hydrogen-bond acceptors (Lipinski definition) is 4. The molecule has 1 heterocycles. The minimum Gasteiger partial charge on any atom is -0.464 e. The maximum absolute atomic E-state index is 11.6. The molecule has 0 aliphatic carbocycles. The van der Waals surface area contributed by atoms with Crippen molar-refractivity contribution >= 4 is 16.7 Å². The van der Waals surface area contributed by atoms with Crippen LogP contribution in [0.25, 0.3) is 0 Å². The van der Waals surface area contributed by atoms with Crippen LogP contribution < -0.4 is 10.6 Å². The summed E-state index contributed by atoms with van der Waals surface area (Å²) in [6.45, 7) is 3.03. The van der Waals surface area contributed by atoms with Crippen LogP contribution in [0.5, 0.6) is 0 Å². The number of hydrogen-bond donors (Lipinski definition) is 2. The summed E-state index contributed by atoms with van der Waals surface area (Å²) in [5.41, 5.74) is 0. The highest BCUT2D eigenvalue weighted by Gasteiger charge is 2.10. The van der Waals surface area contributed by atoms with Crippen molar-refractivity contribution in [2.24, 2.45) is 0 Å². The van der Waals surface area contributed by atoms with E-state index in [1.807, 2.05) is 20.0 Å². The lowest BCUT2D eigenvalue weighted by Gasteiger charge is -2.01. The van der Waals surface area contributed by atoms with Gasteiger partial charge >= 0.3 is 0 Å². The smallest absolute Gasteiger partial charge is 0.232 e. The van der Waals surface area contributed by atoms with Crippen LogP contribution >= 0.6 is 0 Å². The molecule has 1 atom stereocenters. The van der Waals surface area contributed by atoms with Gasteiger partial charge in [-0.25, -0.2) is 0 Å². The van der Waals surface area contributed by atoms with Gasteiger partial charge in [-0.3, -0.25) is 9.00 Å². The van der Waals surface area contributed by atoms with E-state index in [0.717, 1.165) is 5.76 Å². The lowest BCUT2D eigenvalue weighted by molar-refractivity contribution is -0.118. The SMILES string of the molecule is CCNC(=O)CS(=O)Cc1ccc(CNC)o1. The third-order valence-electron chi connectivity index (χ3n) is 2.04. The Morgan fingerprint density at radius 3 is 2.76 bits per heavy atom. The number of amides is 1. The fourth-order valence-corrected chi connectivity index (χ4v) is 2.34. The molecule has 1 aromatic rings. The minimum atomic E-state index is -1.22. The van der Waals surface area contributed by atoms with E-state index in [9.17, 15) is 9.00 Å². The average Bonchev–Trinajstić information content (AvgIpc) is 2.66. The second-order valence-corrected chi connectivity index (χ2v) is 5.04. The summed E-state index contributed by atoms with van der Waals surface area (Å²) < 4.78 is 17.1. The molecule has 5 nitrogen and oxygen atoms in total. The van der Waals surface area contributed by atoms with Gasteiger partial charge in [-0.05, 0) is 26.1 Å². The van der Waals surface area contributed by atoms with Crippen molar-refractivity contribution in [1.82, 2.24) is 10.6 Å². The number of furan rings is 1. The summed E-state index contributed by atoms with van der Waals surface area (Å²) in [7, 11) is 0.609. The molecule has 0 fully saturated rings. The molecule has 1 rings (SSSR count). The van der Waals surface area contributed by atoms with Crippen LogP contribution in [0.1, 0.15) is 18.4 Å². The fourth-order valence-electron chi connectivity index (χ4n) is 1.37. The largest absolute Gasteiger partial charge is 0.464 e. The average molecular weight is 258 g/mol. The Bertz CT molecular complexity index is 390. The van der Waals surface area contributed by atoms with Gasteiger partial charge in [0.2, 0.25) is 5.91 Å². The van der Waals surface area contributed by atoms with E-state index in [1.54, 1.807) is 6.07 Å². The molecule has 96 valence electrons. The number of carbonyl (C=O) groups is 1. The third-order valence-corrected chi connectivity index (χ3v) is 3.23. The van der Waals surface area contributed by atoms with Crippen molar-refractivity contribution in [1.29, 1.82) is 0 Å². The Morgan fingerprint density at radius 2 is 2.12 bits per heavy atom. The van der Waals surface area contributed by atoms with Gasteiger partial charge < -0.3 is 15.1 Å². The van der Waals surface area contributed by atoms with Crippen LogP contribution in [0.3, 0.4) is 0 Å². The normalized spacial score (nSPS) is 12.4. The van der Waals surface area contributed by atoms with Crippen LogP contribution in [-0.4, -0.2) is 29.5 Å². The van der Waals surface area contributed by atoms with E-state index in [-0.39, 0.29) is 17.4 Å². The standard InChI is InChI=1S/C11H18N2O3S/c1-3-13-11(14)8-17(15)7-10-5-4-9(16-10)6-12-2/h4-5,12H,3,6-8H2,1-2H3,(H,13,14). The molecule has 0 bridgehead atoms. The number of carbonyl (C=O) groups excluding carboxylic acids is 1. The maximum Gasteiger partial charge on any atom is 0.232 e. The topological polar surface area (TPSA) is 71.3 Å². The van der Waals surface area contributed by atoms with Gasteiger partial charge in [-0.15, -0.1) is 0 Å². The first kappa shape index (κ1) is 13.9. The van der Waals surface area contributed by atoms with Crippen molar-refractivity contribution in [2.45, 2.75) is 19.2 Å². The van der Waals surface area contributed by atoms with E-state index in [1.165, 1.54) is 0 Å². The molecule has 17 heavy (non-hydrogen) atoms. The summed E-state index contributed by atoms with van der Waals surface area (Å²) in [5, 5.41) is 5.58. The van der Waals surface area contributed by atoms with Crippen molar-refractivity contribution < 1.29 is 13.4 Å². The van der Waals surface area contributed by atoms with Crippen molar-refractivity contribution in [3.05, 3.63) is 23.7 Å². The Balaban J connectivity index is 2.41. The Labute approximate surface area is 103 Å². The highest BCUT2D eigenvalue weighted by molar-refractivity contribution is 7.84. The van der Waals surface area contributed by atoms with Crippen LogP contribution in [0, 0.1) is 0 Å². The van der Waals surface area contributed by atoms with Gasteiger partial charge in [-0.2, -0.15) is 0 Å². The molecule has 1 aromatic heterocycles. The Hall–Kier alpha value is -1.14. The summed E-state index contributed by atoms with van der Waals surface area (Å²) in [6.07, 6.45) is 0. The predicted molar refractivity (Wildman–Crippen MR) is 66.9 cm³/mol. The second-order valence-electron chi connectivity index (χ2n) is 3.58. The summed E-state index contributed by atoms with van der Waals surface area (Å²) >= 11 is 0. The monoisotopic (exact) mass is 258 g/mol. The lowest BCUT2D eigenvalue weighted by atomic mass is 10.4. The molecule has 6 heteroatoms. The number of rotatable bonds is 7. The van der Waals surface area contributed by atoms with E-state index in [4.69, 9.17) is 4.42 Å². The zero-order valence-corrected chi connectivity index (χ0v) is 10.9. The molecule has 1 amide bonds. The summed E-state index contributed by atoms with van der Waals surface area (Å²) in [4.78, 5) is 11.2. The summed E-state index contributed by atoms with van der Waals surface area (Å²) in [6, 6.07) is 3.64. The Kier molecular flexibility index (Phi) is 5.93. The van der Waals surface area contributed by atoms with Gasteiger partial charge in [-0.1, -0.05) is 0 Å². The van der Waals surface area contributed by atoms with Crippen LogP contribution in [-0.2, 0) is 27.9 Å². The molecule has 0 aliphatic rings. The van der Waals surface area contributed by atoms with Crippen LogP contribution in [0.15, 0.2) is 16.5 Å². The predicted octanol–water partition coefficient (Wildman–Crippen LogP) is 0.384. The highest BCUT2D eigenvalue weighted by Crippen LogP contribution is 2.09. The highest BCUT2D eigenvalue weighted by atomic mass is 32.2. The molecular formula is C11H18N2O3S. The second kappa shape index (κ2) is 7.24. The molecule has 0 spiro atoms. The Morgan fingerprint density at radius 1 is 1.41 bits per heavy atom. The molecule has 0 saturated heterocycles. The first-order valence-electron chi connectivity index (χ1n) is 5.49. The summed E-state index contributed by atoms with van der Waals surface area (Å²) in [5.74, 6) is 1.57. The zero-order valence-electron chi connectivity index (χ0n) is 10.1. The van der Waals surface area contributed by atoms with Crippen molar-refractivity contribution in [3.63, 3.8) is 0 Å². The van der Waals surface area contributed by atoms with Crippen LogP contribution in [0.4, 0.5) is 0 Å². The van der Waals surface area contributed by atoms with Gasteiger partial charge in [0.25, 0.3) is 0 Å². The molecule has 0 aromatic carbocycles. The molecule has 0 radical (unpaired) electrons. The van der Waals surface area contributed by atoms with Gasteiger partial charge in [0, 0.05) is 17.3 Å². The van der Waals surface area contributed by atoms with Gasteiger partial charge in [0.1, 0.15) is 17.3 Å². The minimum absolute atomic E-state index is 0.0237. The third kappa shape index (κ3) is 5.14. The first-order chi connectivity index (χ1) is 8.15. The molecule has 2 N–H and O–H groups in total. The van der Waals surface area contributed by atoms with E-state index in [2.05, 4.69) is 10.6 Å². The van der Waals surface area contributed by atoms with Gasteiger partial charge in [0.05, 0.1) is 12.3 Å². The van der Waals surface area contributed by atoms with E-state index >= 15 is 0 Å². The fraction of sp³-hybridized carbons (Fsp3) is 0.545. The molecule has 1 unspecified atom stereocenters. The van der Waals surface area contributed by atoms with Crippen LogP contribution in [0.2, 0.25) is 0 Å². The lowest BCUT2D eigenvalue weighted by Crippen LogP contribution is -2.28. The quantitative estimate of drug-likeness (QED) is 0.742. The maximum atomic E-state index is 11.6. The molecular weight excluding hydrogens is 240 g/mol. The van der Waals surface area contributed by atoms with Gasteiger partial charge in [0.15, 0.2) is 0 Å².